The van der Waals surface area contributed by atoms with E-state index in [1.807, 2.05) is 48.5 Å². The molecule has 1 aliphatic rings. The smallest absolute Gasteiger partial charge is 0.344 e. The maximum Gasteiger partial charge on any atom is 0.344 e. The number of ether oxygens (including phenoxy) is 1. The fourth-order valence-electron chi connectivity index (χ4n) is 3.01. The summed E-state index contributed by atoms with van der Waals surface area (Å²) in [5.74, 6) is -0.130. The van der Waals surface area contributed by atoms with Crippen LogP contribution in [0.3, 0.4) is 0 Å². The fourth-order valence-corrected chi connectivity index (χ4v) is 4.87. The normalized spacial score (nSPS) is 14.9. The van der Waals surface area contributed by atoms with E-state index in [-0.39, 0.29) is 5.91 Å². The summed E-state index contributed by atoms with van der Waals surface area (Å²) in [6.07, 6.45) is 1.77. The Bertz CT molecular complexity index is 1190. The van der Waals surface area contributed by atoms with Gasteiger partial charge in [-0.05, 0) is 64.1 Å². The number of esters is 1. The van der Waals surface area contributed by atoms with Gasteiger partial charge in [0.25, 0.3) is 5.91 Å². The minimum Gasteiger partial charge on any atom is -0.423 e. The van der Waals surface area contributed by atoms with E-state index in [9.17, 15) is 9.59 Å². The van der Waals surface area contributed by atoms with Gasteiger partial charge in [0, 0.05) is 3.57 Å². The van der Waals surface area contributed by atoms with Crippen LogP contribution in [0.5, 0.6) is 5.75 Å². The van der Waals surface area contributed by atoms with Gasteiger partial charge in [-0.25, -0.2) is 4.79 Å². The van der Waals surface area contributed by atoms with Crippen LogP contribution in [0.15, 0.2) is 83.8 Å². The van der Waals surface area contributed by atoms with Crippen LogP contribution < -0.4 is 4.74 Å². The summed E-state index contributed by atoms with van der Waals surface area (Å²) in [6.45, 7) is 0.441. The highest BCUT2D eigenvalue weighted by Gasteiger charge is 2.31. The standard InChI is InChI=1S/C24H16INO3S2/c25-20-12-5-4-11-19(20)23(28)29-18-10-6-9-17(13-18)14-21-22(27)26(24(30)31-21)15-16-7-2-1-3-8-16/h1-14H,15H2/b21-14-. The van der Waals surface area contributed by atoms with Crippen LogP contribution >= 0.6 is 46.6 Å². The minimum absolute atomic E-state index is 0.125. The first-order valence-electron chi connectivity index (χ1n) is 9.37. The highest BCUT2D eigenvalue weighted by atomic mass is 127. The fraction of sp³-hybridized carbons (Fsp3) is 0.0417. The topological polar surface area (TPSA) is 46.6 Å². The first-order valence-corrected chi connectivity index (χ1v) is 11.7. The molecule has 1 amide bonds. The maximum absolute atomic E-state index is 12.9. The molecular formula is C24H16INO3S2. The molecule has 4 rings (SSSR count). The molecule has 3 aromatic carbocycles. The summed E-state index contributed by atoms with van der Waals surface area (Å²) >= 11 is 8.80. The van der Waals surface area contributed by atoms with Gasteiger partial charge in [-0.3, -0.25) is 9.69 Å². The third kappa shape index (κ3) is 5.23. The van der Waals surface area contributed by atoms with Gasteiger partial charge >= 0.3 is 5.97 Å². The lowest BCUT2D eigenvalue weighted by Gasteiger charge is -2.14. The number of carbonyl (C=O) groups is 2. The Hall–Kier alpha value is -2.49. The molecule has 0 radical (unpaired) electrons. The second-order valence-electron chi connectivity index (χ2n) is 6.70. The van der Waals surface area contributed by atoms with E-state index in [0.29, 0.717) is 27.1 Å². The van der Waals surface area contributed by atoms with Crippen molar-refractivity contribution >= 4 is 68.8 Å². The number of thioether (sulfide) groups is 1. The average Bonchev–Trinajstić information content (AvgIpc) is 3.02. The molecule has 4 nitrogen and oxygen atoms in total. The van der Waals surface area contributed by atoms with Crippen molar-refractivity contribution in [1.29, 1.82) is 0 Å². The van der Waals surface area contributed by atoms with Crippen LogP contribution in [0.4, 0.5) is 0 Å². The zero-order valence-electron chi connectivity index (χ0n) is 16.2. The molecule has 0 spiro atoms. The molecule has 0 atom stereocenters. The Morgan fingerprint density at radius 2 is 1.77 bits per heavy atom. The summed E-state index contributed by atoms with van der Waals surface area (Å²) in [6, 6.07) is 24.1. The third-order valence-corrected chi connectivity index (χ3v) is 6.84. The molecule has 3 aromatic rings. The second kappa shape index (κ2) is 9.76. The number of hydrogen-bond donors (Lipinski definition) is 0. The van der Waals surface area contributed by atoms with E-state index in [2.05, 4.69) is 22.6 Å². The second-order valence-corrected chi connectivity index (χ2v) is 9.53. The Balaban J connectivity index is 1.50. The van der Waals surface area contributed by atoms with E-state index < -0.39 is 5.97 Å². The molecule has 0 aliphatic carbocycles. The lowest BCUT2D eigenvalue weighted by Crippen LogP contribution is -2.27. The molecule has 0 N–H and O–H groups in total. The van der Waals surface area contributed by atoms with Crippen molar-refractivity contribution in [3.05, 3.63) is 104 Å². The summed E-state index contributed by atoms with van der Waals surface area (Å²) in [5.41, 5.74) is 2.29. The Morgan fingerprint density at radius 1 is 1.03 bits per heavy atom. The monoisotopic (exact) mass is 557 g/mol. The molecular weight excluding hydrogens is 541 g/mol. The molecule has 31 heavy (non-hydrogen) atoms. The molecule has 7 heteroatoms. The number of amides is 1. The SMILES string of the molecule is O=C(Oc1cccc(/C=C2\SC(=S)N(Cc3ccccc3)C2=O)c1)c1ccccc1I. The van der Waals surface area contributed by atoms with Gasteiger partial charge in [0.05, 0.1) is 17.0 Å². The average molecular weight is 557 g/mol. The zero-order valence-corrected chi connectivity index (χ0v) is 19.9. The minimum atomic E-state index is -0.420. The number of carbonyl (C=O) groups excluding carboxylic acids is 2. The van der Waals surface area contributed by atoms with E-state index in [4.69, 9.17) is 17.0 Å². The van der Waals surface area contributed by atoms with Gasteiger partial charge in [0.15, 0.2) is 0 Å². The van der Waals surface area contributed by atoms with Crippen molar-refractivity contribution in [2.24, 2.45) is 0 Å². The molecule has 1 aliphatic heterocycles. The van der Waals surface area contributed by atoms with Gasteiger partial charge in [-0.1, -0.05) is 78.6 Å². The summed E-state index contributed by atoms with van der Waals surface area (Å²) in [5, 5.41) is 0. The van der Waals surface area contributed by atoms with Crippen molar-refractivity contribution in [2.75, 3.05) is 0 Å². The molecule has 0 aromatic heterocycles. The van der Waals surface area contributed by atoms with Crippen molar-refractivity contribution in [2.45, 2.75) is 6.54 Å². The van der Waals surface area contributed by atoms with Crippen molar-refractivity contribution < 1.29 is 14.3 Å². The molecule has 1 fully saturated rings. The highest BCUT2D eigenvalue weighted by Crippen LogP contribution is 2.34. The number of benzene rings is 3. The Morgan fingerprint density at radius 3 is 2.55 bits per heavy atom. The largest absolute Gasteiger partial charge is 0.423 e. The number of hydrogen-bond acceptors (Lipinski definition) is 5. The number of thiocarbonyl (C=S) groups is 1. The summed E-state index contributed by atoms with van der Waals surface area (Å²) in [7, 11) is 0. The summed E-state index contributed by atoms with van der Waals surface area (Å²) in [4.78, 5) is 27.5. The molecule has 154 valence electrons. The van der Waals surface area contributed by atoms with Gasteiger partial charge in [0.2, 0.25) is 0 Å². The number of rotatable bonds is 5. The Labute approximate surface area is 203 Å². The van der Waals surface area contributed by atoms with Gasteiger partial charge in [-0.2, -0.15) is 0 Å². The van der Waals surface area contributed by atoms with Crippen LogP contribution in [-0.2, 0) is 11.3 Å². The molecule has 0 saturated carbocycles. The van der Waals surface area contributed by atoms with Crippen LogP contribution in [0, 0.1) is 3.57 Å². The van der Waals surface area contributed by atoms with E-state index in [1.54, 1.807) is 41.3 Å². The predicted molar refractivity (Wildman–Crippen MR) is 136 cm³/mol. The molecule has 1 saturated heterocycles. The van der Waals surface area contributed by atoms with E-state index >= 15 is 0 Å². The van der Waals surface area contributed by atoms with Gasteiger partial charge in [0.1, 0.15) is 10.1 Å². The first-order chi connectivity index (χ1) is 15.0. The molecule has 0 bridgehead atoms. The van der Waals surface area contributed by atoms with Crippen LogP contribution in [0.1, 0.15) is 21.5 Å². The number of nitrogens with zero attached hydrogens (tertiary/aromatic N) is 1. The number of halogens is 1. The zero-order chi connectivity index (χ0) is 21.8. The maximum atomic E-state index is 12.9. The van der Waals surface area contributed by atoms with Crippen LogP contribution in [0.2, 0.25) is 0 Å². The summed E-state index contributed by atoms with van der Waals surface area (Å²) < 4.78 is 6.89. The van der Waals surface area contributed by atoms with Crippen molar-refractivity contribution in [3.63, 3.8) is 0 Å². The van der Waals surface area contributed by atoms with Gasteiger partial charge < -0.3 is 4.74 Å². The third-order valence-electron chi connectivity index (χ3n) is 4.52. The van der Waals surface area contributed by atoms with E-state index in [1.165, 1.54) is 11.8 Å². The van der Waals surface area contributed by atoms with Crippen LogP contribution in [-0.4, -0.2) is 21.1 Å². The quantitative estimate of drug-likeness (QED) is 0.128. The van der Waals surface area contributed by atoms with E-state index in [0.717, 1.165) is 14.7 Å². The first kappa shape index (κ1) is 21.7. The predicted octanol–water partition coefficient (Wildman–Crippen LogP) is 5.91. The highest BCUT2D eigenvalue weighted by molar-refractivity contribution is 14.1. The van der Waals surface area contributed by atoms with Crippen molar-refractivity contribution in [1.82, 2.24) is 4.90 Å². The Kier molecular flexibility index (Phi) is 6.84. The lowest BCUT2D eigenvalue weighted by molar-refractivity contribution is -0.122. The molecule has 0 unspecified atom stereocenters. The van der Waals surface area contributed by atoms with Gasteiger partial charge in [-0.15, -0.1) is 0 Å². The van der Waals surface area contributed by atoms with Crippen molar-refractivity contribution in [3.8, 4) is 5.75 Å². The van der Waals surface area contributed by atoms with Crippen LogP contribution in [0.25, 0.3) is 6.08 Å². The lowest BCUT2D eigenvalue weighted by atomic mass is 10.2. The molecule has 1 heterocycles.